The summed E-state index contributed by atoms with van der Waals surface area (Å²) in [4.78, 5) is 0. The SMILES string of the molecule is O=[SH](=O)OCCS(=O)(=O)CCOS(=O)(=O)O. The first-order valence-corrected chi connectivity index (χ1v) is 8.00. The molecule has 1 N–H and O–H groups in total. The van der Waals surface area contributed by atoms with Gasteiger partial charge >= 0.3 is 10.4 Å². The zero-order valence-electron chi connectivity index (χ0n) is 7.81. The van der Waals surface area contributed by atoms with Crippen molar-refractivity contribution in [2.45, 2.75) is 0 Å². The lowest BCUT2D eigenvalue weighted by molar-refractivity contribution is 0.283. The van der Waals surface area contributed by atoms with E-state index >= 15 is 0 Å². The van der Waals surface area contributed by atoms with E-state index in [0.717, 1.165) is 0 Å². The van der Waals surface area contributed by atoms with Gasteiger partial charge in [0.05, 0.1) is 24.7 Å². The molecule has 0 atom stereocenters. The maximum atomic E-state index is 11.1. The molecule has 0 aliphatic rings. The van der Waals surface area contributed by atoms with Crippen molar-refractivity contribution in [1.29, 1.82) is 0 Å². The second-order valence-electron chi connectivity index (χ2n) is 2.46. The third-order valence-electron chi connectivity index (χ3n) is 1.22. The molecular formula is C4H10O9S3. The van der Waals surface area contributed by atoms with Gasteiger partial charge in [-0.15, -0.1) is 0 Å². The largest absolute Gasteiger partial charge is 0.397 e. The van der Waals surface area contributed by atoms with Gasteiger partial charge in [-0.25, -0.2) is 21.0 Å². The molecule has 0 aliphatic heterocycles. The van der Waals surface area contributed by atoms with E-state index in [2.05, 4.69) is 8.37 Å². The minimum atomic E-state index is -4.67. The van der Waals surface area contributed by atoms with Crippen LogP contribution in [0.1, 0.15) is 0 Å². The molecular weight excluding hydrogens is 288 g/mol. The lowest BCUT2D eigenvalue weighted by Crippen LogP contribution is -2.20. The van der Waals surface area contributed by atoms with Crippen molar-refractivity contribution >= 4 is 31.2 Å². The molecule has 0 radical (unpaired) electrons. The molecule has 0 aliphatic carbocycles. The Labute approximate surface area is 94.4 Å². The lowest BCUT2D eigenvalue weighted by atomic mass is 10.9. The molecule has 0 aromatic heterocycles. The van der Waals surface area contributed by atoms with Crippen molar-refractivity contribution in [3.05, 3.63) is 0 Å². The highest BCUT2D eigenvalue weighted by Gasteiger charge is 2.13. The maximum Gasteiger partial charge on any atom is 0.397 e. The van der Waals surface area contributed by atoms with Gasteiger partial charge in [-0.1, -0.05) is 0 Å². The first-order valence-electron chi connectivity index (χ1n) is 3.72. The Kier molecular flexibility index (Phi) is 6.35. The number of sulfone groups is 1. The predicted molar refractivity (Wildman–Crippen MR) is 52.4 cm³/mol. The van der Waals surface area contributed by atoms with Crippen LogP contribution >= 0.6 is 0 Å². The fraction of sp³-hybridized carbons (Fsp3) is 1.00. The third kappa shape index (κ3) is 10.3. The second kappa shape index (κ2) is 6.46. The van der Waals surface area contributed by atoms with Crippen molar-refractivity contribution in [3.63, 3.8) is 0 Å². The molecule has 0 saturated heterocycles. The van der Waals surface area contributed by atoms with Gasteiger partial charge in [0.15, 0.2) is 9.84 Å². The van der Waals surface area contributed by atoms with E-state index in [0.29, 0.717) is 0 Å². The summed E-state index contributed by atoms with van der Waals surface area (Å²) >= 11 is 0. The third-order valence-corrected chi connectivity index (χ3v) is 3.65. The van der Waals surface area contributed by atoms with Gasteiger partial charge in [0.25, 0.3) is 11.0 Å². The zero-order chi connectivity index (χ0) is 12.8. The number of hydrogen-bond acceptors (Lipinski definition) is 8. The summed E-state index contributed by atoms with van der Waals surface area (Å²) in [5.41, 5.74) is 0. The molecule has 0 fully saturated rings. The van der Waals surface area contributed by atoms with E-state index in [1.165, 1.54) is 0 Å². The summed E-state index contributed by atoms with van der Waals surface area (Å²) in [6, 6.07) is 0. The van der Waals surface area contributed by atoms with Crippen LogP contribution < -0.4 is 0 Å². The average molecular weight is 298 g/mol. The highest BCUT2D eigenvalue weighted by Crippen LogP contribution is 1.94. The van der Waals surface area contributed by atoms with Crippen molar-refractivity contribution < 1.29 is 38.2 Å². The first-order chi connectivity index (χ1) is 7.12. The highest BCUT2D eigenvalue weighted by atomic mass is 32.3. The normalized spacial score (nSPS) is 13.1. The summed E-state index contributed by atoms with van der Waals surface area (Å²) in [7, 11) is -11.5. The van der Waals surface area contributed by atoms with E-state index in [1.54, 1.807) is 0 Å². The molecule has 0 bridgehead atoms. The molecule has 0 unspecified atom stereocenters. The molecule has 0 rings (SSSR count). The van der Waals surface area contributed by atoms with E-state index in [-0.39, 0.29) is 0 Å². The van der Waals surface area contributed by atoms with Crippen LogP contribution in [-0.2, 0) is 39.6 Å². The van der Waals surface area contributed by atoms with Crippen LogP contribution in [0.25, 0.3) is 0 Å². The molecule has 9 nitrogen and oxygen atoms in total. The smallest absolute Gasteiger partial charge is 0.271 e. The molecule has 0 saturated carbocycles. The van der Waals surface area contributed by atoms with Gasteiger partial charge in [0.2, 0.25) is 0 Å². The van der Waals surface area contributed by atoms with Crippen LogP contribution in [0.2, 0.25) is 0 Å². The Morgan fingerprint density at radius 3 is 1.94 bits per heavy atom. The summed E-state index contributed by atoms with van der Waals surface area (Å²) in [5, 5.41) is 0. The van der Waals surface area contributed by atoms with Gasteiger partial charge in [-0.2, -0.15) is 8.42 Å². The topological polar surface area (TPSA) is 141 Å². The van der Waals surface area contributed by atoms with Crippen LogP contribution in [0.4, 0.5) is 0 Å². The van der Waals surface area contributed by atoms with Crippen LogP contribution in [0, 0.1) is 0 Å². The standard InChI is InChI=1S/C4H10O9S3/c5-14(6)12-1-3-15(7,8)4-2-13-16(9,10)11/h14H,1-4H2,(H,9,10,11). The van der Waals surface area contributed by atoms with Gasteiger partial charge in [-0.05, 0) is 0 Å². The average Bonchev–Trinajstić information content (AvgIpc) is 1.99. The molecule has 0 aromatic carbocycles. The summed E-state index contributed by atoms with van der Waals surface area (Å²) in [6.07, 6.45) is 0. The lowest BCUT2D eigenvalue weighted by Gasteiger charge is -2.02. The molecule has 0 aromatic rings. The molecule has 0 heterocycles. The second-order valence-corrected chi connectivity index (χ2v) is 6.56. The zero-order valence-corrected chi connectivity index (χ0v) is 10.3. The van der Waals surface area contributed by atoms with E-state index < -0.39 is 55.9 Å². The van der Waals surface area contributed by atoms with Crippen molar-refractivity contribution in [1.82, 2.24) is 0 Å². The molecule has 16 heavy (non-hydrogen) atoms. The van der Waals surface area contributed by atoms with Crippen molar-refractivity contribution in [3.8, 4) is 0 Å². The molecule has 0 spiro atoms. The van der Waals surface area contributed by atoms with Gasteiger partial charge in [0, 0.05) is 0 Å². The van der Waals surface area contributed by atoms with E-state index in [4.69, 9.17) is 4.55 Å². The Morgan fingerprint density at radius 2 is 1.50 bits per heavy atom. The molecule has 0 amide bonds. The van der Waals surface area contributed by atoms with E-state index in [1.807, 2.05) is 0 Å². The monoisotopic (exact) mass is 298 g/mol. The fourth-order valence-electron chi connectivity index (χ4n) is 0.607. The Morgan fingerprint density at radius 1 is 1.00 bits per heavy atom. The Balaban J connectivity index is 3.97. The van der Waals surface area contributed by atoms with Crippen molar-refractivity contribution in [2.75, 3.05) is 24.7 Å². The summed E-state index contributed by atoms with van der Waals surface area (Å²) in [6.45, 7) is -1.29. The Bertz CT molecular complexity index is 461. The molecule has 98 valence electrons. The van der Waals surface area contributed by atoms with Crippen LogP contribution in [0.5, 0.6) is 0 Å². The maximum absolute atomic E-state index is 11.1. The van der Waals surface area contributed by atoms with Crippen LogP contribution in [0.3, 0.4) is 0 Å². The van der Waals surface area contributed by atoms with Crippen molar-refractivity contribution in [2.24, 2.45) is 0 Å². The molecule has 12 heteroatoms. The van der Waals surface area contributed by atoms with Crippen LogP contribution in [0.15, 0.2) is 0 Å². The first kappa shape index (κ1) is 15.7. The minimum absolute atomic E-state index is 0.549. The van der Waals surface area contributed by atoms with Gasteiger partial charge in [0.1, 0.15) is 0 Å². The summed E-state index contributed by atoms with van der Waals surface area (Å²) < 4.78 is 78.0. The highest BCUT2D eigenvalue weighted by molar-refractivity contribution is 7.91. The minimum Gasteiger partial charge on any atom is -0.271 e. The van der Waals surface area contributed by atoms with E-state index in [9.17, 15) is 25.3 Å². The number of thiol groups is 1. The summed E-state index contributed by atoms with van der Waals surface area (Å²) in [5.74, 6) is -1.27. The predicted octanol–water partition coefficient (Wildman–Crippen LogP) is -2.24. The Hall–Kier alpha value is -0.270. The van der Waals surface area contributed by atoms with Crippen LogP contribution in [-0.4, -0.2) is 54.5 Å². The van der Waals surface area contributed by atoms with Gasteiger partial charge in [-0.3, -0.25) is 8.74 Å². The quantitative estimate of drug-likeness (QED) is 0.376. The van der Waals surface area contributed by atoms with Gasteiger partial charge < -0.3 is 0 Å². The fourth-order valence-corrected chi connectivity index (χ4v) is 2.25. The number of hydrogen-bond donors (Lipinski definition) is 2. The number of rotatable bonds is 8.